The lowest BCUT2D eigenvalue weighted by atomic mass is 10.0. The van der Waals surface area contributed by atoms with E-state index in [4.69, 9.17) is 9.47 Å². The standard InChI is InChI=1S/C13H27NO4/c1-11(8-17-2)18-9-12(15)7-14-10-13(16)5-3-4-6-13/h11-12,14-16H,3-10H2,1-2H3. The molecule has 0 bridgehead atoms. The Morgan fingerprint density at radius 3 is 2.56 bits per heavy atom. The number of methoxy groups -OCH3 is 1. The normalized spacial score (nSPS) is 22.0. The smallest absolute Gasteiger partial charge is 0.0897 e. The highest BCUT2D eigenvalue weighted by Gasteiger charge is 2.30. The van der Waals surface area contributed by atoms with E-state index >= 15 is 0 Å². The van der Waals surface area contributed by atoms with Crippen LogP contribution in [0, 0.1) is 0 Å². The molecule has 1 fully saturated rings. The average molecular weight is 261 g/mol. The monoisotopic (exact) mass is 261 g/mol. The third kappa shape index (κ3) is 6.11. The molecule has 0 heterocycles. The molecule has 0 radical (unpaired) electrons. The fraction of sp³-hybridized carbons (Fsp3) is 1.00. The molecule has 18 heavy (non-hydrogen) atoms. The van der Waals surface area contributed by atoms with Gasteiger partial charge in [0.25, 0.3) is 0 Å². The first kappa shape index (κ1) is 15.9. The molecular formula is C13H27NO4. The topological polar surface area (TPSA) is 71.0 Å². The van der Waals surface area contributed by atoms with Gasteiger partial charge in [0.15, 0.2) is 0 Å². The summed E-state index contributed by atoms with van der Waals surface area (Å²) in [7, 11) is 1.63. The van der Waals surface area contributed by atoms with Gasteiger partial charge in [0.1, 0.15) is 0 Å². The minimum absolute atomic E-state index is 0.0105. The molecule has 5 heteroatoms. The van der Waals surface area contributed by atoms with Crippen molar-refractivity contribution in [1.82, 2.24) is 5.32 Å². The van der Waals surface area contributed by atoms with Crippen molar-refractivity contribution in [3.63, 3.8) is 0 Å². The molecule has 2 unspecified atom stereocenters. The summed E-state index contributed by atoms with van der Waals surface area (Å²) in [5, 5.41) is 22.9. The summed E-state index contributed by atoms with van der Waals surface area (Å²) in [6, 6.07) is 0. The van der Waals surface area contributed by atoms with Crippen molar-refractivity contribution in [2.24, 2.45) is 0 Å². The highest BCUT2D eigenvalue weighted by Crippen LogP contribution is 2.28. The number of aliphatic hydroxyl groups is 2. The van der Waals surface area contributed by atoms with Crippen LogP contribution in [0.1, 0.15) is 32.6 Å². The zero-order valence-electron chi connectivity index (χ0n) is 11.5. The number of hydrogen-bond acceptors (Lipinski definition) is 5. The van der Waals surface area contributed by atoms with Crippen LogP contribution in [0.25, 0.3) is 0 Å². The van der Waals surface area contributed by atoms with Crippen LogP contribution in [0.5, 0.6) is 0 Å². The fourth-order valence-electron chi connectivity index (χ4n) is 2.30. The van der Waals surface area contributed by atoms with Gasteiger partial charge in [-0.1, -0.05) is 12.8 Å². The molecule has 1 rings (SSSR count). The van der Waals surface area contributed by atoms with Crippen LogP contribution in [-0.2, 0) is 9.47 Å². The predicted molar refractivity (Wildman–Crippen MR) is 69.6 cm³/mol. The summed E-state index contributed by atoms with van der Waals surface area (Å²) in [6.07, 6.45) is 3.35. The second-order valence-electron chi connectivity index (χ2n) is 5.32. The van der Waals surface area contributed by atoms with Crippen LogP contribution in [0.4, 0.5) is 0 Å². The molecule has 0 amide bonds. The molecule has 3 N–H and O–H groups in total. The summed E-state index contributed by atoms with van der Waals surface area (Å²) in [4.78, 5) is 0. The molecule has 0 aromatic heterocycles. The SMILES string of the molecule is COCC(C)OCC(O)CNCC1(O)CCCC1. The van der Waals surface area contributed by atoms with Crippen LogP contribution in [-0.4, -0.2) is 61.4 Å². The van der Waals surface area contributed by atoms with Gasteiger partial charge in [-0.25, -0.2) is 0 Å². The van der Waals surface area contributed by atoms with E-state index in [1.54, 1.807) is 7.11 Å². The van der Waals surface area contributed by atoms with Crippen molar-refractivity contribution in [2.75, 3.05) is 33.4 Å². The molecule has 1 aliphatic rings. The number of nitrogens with one attached hydrogen (secondary N) is 1. The van der Waals surface area contributed by atoms with Crippen molar-refractivity contribution < 1.29 is 19.7 Å². The number of hydrogen-bond donors (Lipinski definition) is 3. The van der Waals surface area contributed by atoms with E-state index in [0.717, 1.165) is 25.7 Å². The Morgan fingerprint density at radius 2 is 1.94 bits per heavy atom. The Hall–Kier alpha value is -0.200. The van der Waals surface area contributed by atoms with Gasteiger partial charge in [-0.15, -0.1) is 0 Å². The first-order valence-electron chi connectivity index (χ1n) is 6.77. The van der Waals surface area contributed by atoms with E-state index < -0.39 is 11.7 Å². The van der Waals surface area contributed by atoms with Crippen LogP contribution >= 0.6 is 0 Å². The Bertz CT molecular complexity index is 219. The first-order chi connectivity index (χ1) is 8.56. The molecule has 1 saturated carbocycles. The van der Waals surface area contributed by atoms with Crippen molar-refractivity contribution in [3.05, 3.63) is 0 Å². The van der Waals surface area contributed by atoms with Crippen molar-refractivity contribution >= 4 is 0 Å². The zero-order chi connectivity index (χ0) is 13.4. The van der Waals surface area contributed by atoms with Gasteiger partial charge in [-0.3, -0.25) is 0 Å². The van der Waals surface area contributed by atoms with E-state index in [0.29, 0.717) is 19.7 Å². The largest absolute Gasteiger partial charge is 0.389 e. The molecule has 2 atom stereocenters. The van der Waals surface area contributed by atoms with Crippen LogP contribution in [0.15, 0.2) is 0 Å². The van der Waals surface area contributed by atoms with E-state index in [1.807, 2.05) is 6.92 Å². The van der Waals surface area contributed by atoms with Crippen molar-refractivity contribution in [1.29, 1.82) is 0 Å². The molecule has 0 aromatic rings. The van der Waals surface area contributed by atoms with Crippen LogP contribution in [0.2, 0.25) is 0 Å². The lowest BCUT2D eigenvalue weighted by Gasteiger charge is -2.23. The van der Waals surface area contributed by atoms with Gasteiger partial charge in [0, 0.05) is 20.2 Å². The van der Waals surface area contributed by atoms with Gasteiger partial charge >= 0.3 is 0 Å². The quantitative estimate of drug-likeness (QED) is 0.556. The summed E-state index contributed by atoms with van der Waals surface area (Å²) >= 11 is 0. The Labute approximate surface area is 109 Å². The predicted octanol–water partition coefficient (Wildman–Crippen LogP) is 0.294. The molecule has 108 valence electrons. The molecule has 0 spiro atoms. The number of ether oxygens (including phenoxy) is 2. The average Bonchev–Trinajstić information content (AvgIpc) is 2.74. The van der Waals surface area contributed by atoms with E-state index in [2.05, 4.69) is 5.32 Å². The van der Waals surface area contributed by atoms with Crippen molar-refractivity contribution in [3.8, 4) is 0 Å². The highest BCUT2D eigenvalue weighted by atomic mass is 16.5. The van der Waals surface area contributed by atoms with Gasteiger partial charge in [-0.05, 0) is 19.8 Å². The summed E-state index contributed by atoms with van der Waals surface area (Å²) < 4.78 is 10.4. The molecular weight excluding hydrogens is 234 g/mol. The third-order valence-electron chi connectivity index (χ3n) is 3.34. The van der Waals surface area contributed by atoms with Gasteiger partial charge < -0.3 is 25.0 Å². The Balaban J connectivity index is 2.04. The third-order valence-corrected chi connectivity index (χ3v) is 3.34. The van der Waals surface area contributed by atoms with Gasteiger partial charge in [0.05, 0.1) is 31.0 Å². The lowest BCUT2D eigenvalue weighted by molar-refractivity contribution is -0.0328. The van der Waals surface area contributed by atoms with Gasteiger partial charge in [0.2, 0.25) is 0 Å². The maximum atomic E-state index is 10.1. The minimum Gasteiger partial charge on any atom is -0.389 e. The number of rotatable bonds is 9. The summed E-state index contributed by atoms with van der Waals surface area (Å²) in [5.41, 5.74) is -0.566. The second-order valence-corrected chi connectivity index (χ2v) is 5.32. The Kier molecular flexibility index (Phi) is 7.11. The lowest BCUT2D eigenvalue weighted by Crippen LogP contribution is -2.42. The first-order valence-corrected chi connectivity index (χ1v) is 6.77. The Morgan fingerprint density at radius 1 is 1.28 bits per heavy atom. The highest BCUT2D eigenvalue weighted by molar-refractivity contribution is 4.86. The summed E-state index contributed by atoms with van der Waals surface area (Å²) in [6.45, 7) is 3.72. The molecule has 0 aliphatic heterocycles. The minimum atomic E-state index is -0.566. The molecule has 5 nitrogen and oxygen atoms in total. The number of aliphatic hydroxyl groups excluding tert-OH is 1. The maximum Gasteiger partial charge on any atom is 0.0897 e. The molecule has 0 aromatic carbocycles. The van der Waals surface area contributed by atoms with E-state index in [-0.39, 0.29) is 12.7 Å². The van der Waals surface area contributed by atoms with E-state index in [1.165, 1.54) is 0 Å². The molecule has 1 aliphatic carbocycles. The fourth-order valence-corrected chi connectivity index (χ4v) is 2.30. The van der Waals surface area contributed by atoms with Gasteiger partial charge in [-0.2, -0.15) is 0 Å². The molecule has 0 saturated heterocycles. The summed E-state index contributed by atoms with van der Waals surface area (Å²) in [5.74, 6) is 0. The second kappa shape index (κ2) is 8.07. The van der Waals surface area contributed by atoms with Crippen LogP contribution in [0.3, 0.4) is 0 Å². The van der Waals surface area contributed by atoms with Crippen LogP contribution < -0.4 is 5.32 Å². The van der Waals surface area contributed by atoms with Crippen molar-refractivity contribution in [2.45, 2.75) is 50.4 Å². The maximum absolute atomic E-state index is 10.1. The van der Waals surface area contributed by atoms with E-state index in [9.17, 15) is 10.2 Å². The zero-order valence-corrected chi connectivity index (χ0v) is 11.5.